The summed E-state index contributed by atoms with van der Waals surface area (Å²) in [7, 11) is 0. The zero-order chi connectivity index (χ0) is 9.19. The van der Waals surface area contributed by atoms with Gasteiger partial charge in [-0.3, -0.25) is 0 Å². The van der Waals surface area contributed by atoms with Crippen LogP contribution in [0.4, 0.5) is 0 Å². The fraction of sp³-hybridized carbons (Fsp3) is 0.800. The van der Waals surface area contributed by atoms with Crippen molar-refractivity contribution in [2.75, 3.05) is 6.61 Å². The second-order valence-electron chi connectivity index (χ2n) is 4.69. The fourth-order valence-corrected chi connectivity index (χ4v) is 1.25. The van der Waals surface area contributed by atoms with Crippen LogP contribution in [0, 0.1) is 5.92 Å². The van der Waals surface area contributed by atoms with Crippen molar-refractivity contribution in [2.45, 2.75) is 39.2 Å². The quantitative estimate of drug-likeness (QED) is 0.517. The molecule has 0 spiro atoms. The minimum absolute atomic E-state index is 0.0563. The third-order valence-corrected chi connectivity index (χ3v) is 1.85. The number of hydroxylamine groups is 1. The van der Waals surface area contributed by atoms with Crippen molar-refractivity contribution < 1.29 is 4.84 Å². The Balaban J connectivity index is 2.00. The van der Waals surface area contributed by atoms with Crippen molar-refractivity contribution in [1.29, 1.82) is 0 Å². The van der Waals surface area contributed by atoms with Crippen LogP contribution in [0.25, 0.3) is 0 Å². The predicted octanol–water partition coefficient (Wildman–Crippen LogP) is 2.27. The molecule has 0 aliphatic heterocycles. The Labute approximate surface area is 74.9 Å². The molecule has 0 aromatic rings. The minimum atomic E-state index is 0.0563. The molecule has 2 heteroatoms. The smallest absolute Gasteiger partial charge is 0.0716 e. The lowest BCUT2D eigenvalue weighted by molar-refractivity contribution is -0.0301. The van der Waals surface area contributed by atoms with Crippen molar-refractivity contribution in [3.8, 4) is 0 Å². The zero-order valence-corrected chi connectivity index (χ0v) is 8.31. The van der Waals surface area contributed by atoms with Gasteiger partial charge in [0.1, 0.15) is 0 Å². The molecule has 0 aromatic heterocycles. The molecule has 1 rings (SSSR count). The average Bonchev–Trinajstić information content (AvgIpc) is 1.81. The first-order valence-electron chi connectivity index (χ1n) is 4.53. The standard InChI is InChI=1S/C10H19NO/c1-8-5-9(6-8)7-12-11-10(2,3)4/h9,11H,1,5-7H2,2-4H3. The van der Waals surface area contributed by atoms with Crippen LogP contribution >= 0.6 is 0 Å². The van der Waals surface area contributed by atoms with Crippen LogP contribution in [0.2, 0.25) is 0 Å². The Morgan fingerprint density at radius 2 is 2.08 bits per heavy atom. The van der Waals surface area contributed by atoms with E-state index in [1.54, 1.807) is 0 Å². The molecular weight excluding hydrogens is 150 g/mol. The largest absolute Gasteiger partial charge is 0.301 e. The molecule has 0 amide bonds. The summed E-state index contributed by atoms with van der Waals surface area (Å²) in [6.07, 6.45) is 2.29. The third kappa shape index (κ3) is 3.37. The fourth-order valence-electron chi connectivity index (χ4n) is 1.25. The monoisotopic (exact) mass is 169 g/mol. The van der Waals surface area contributed by atoms with Gasteiger partial charge in [0, 0.05) is 5.54 Å². The Bertz CT molecular complexity index is 161. The van der Waals surface area contributed by atoms with Gasteiger partial charge in [-0.05, 0) is 39.5 Å². The molecule has 0 atom stereocenters. The highest BCUT2D eigenvalue weighted by atomic mass is 16.6. The van der Waals surface area contributed by atoms with Gasteiger partial charge >= 0.3 is 0 Å². The van der Waals surface area contributed by atoms with Gasteiger partial charge in [-0.2, -0.15) is 5.48 Å². The van der Waals surface area contributed by atoms with Gasteiger partial charge < -0.3 is 4.84 Å². The summed E-state index contributed by atoms with van der Waals surface area (Å²) < 4.78 is 0. The summed E-state index contributed by atoms with van der Waals surface area (Å²) in [5.74, 6) is 0.701. The molecule has 2 nitrogen and oxygen atoms in total. The molecule has 1 saturated carbocycles. The number of hydrogen-bond acceptors (Lipinski definition) is 2. The van der Waals surface area contributed by atoms with E-state index in [0.717, 1.165) is 19.4 Å². The second kappa shape index (κ2) is 3.58. The first-order valence-corrected chi connectivity index (χ1v) is 4.53. The van der Waals surface area contributed by atoms with Gasteiger partial charge in [0.15, 0.2) is 0 Å². The number of allylic oxidation sites excluding steroid dienone is 1. The summed E-state index contributed by atoms with van der Waals surface area (Å²) >= 11 is 0. The van der Waals surface area contributed by atoms with E-state index in [-0.39, 0.29) is 5.54 Å². The lowest BCUT2D eigenvalue weighted by atomic mass is 9.82. The van der Waals surface area contributed by atoms with E-state index in [9.17, 15) is 0 Å². The van der Waals surface area contributed by atoms with Crippen LogP contribution in [0.5, 0.6) is 0 Å². The Morgan fingerprint density at radius 1 is 1.50 bits per heavy atom. The van der Waals surface area contributed by atoms with E-state index in [0.29, 0.717) is 5.92 Å². The van der Waals surface area contributed by atoms with Crippen LogP contribution in [0.3, 0.4) is 0 Å². The van der Waals surface area contributed by atoms with Crippen LogP contribution < -0.4 is 5.48 Å². The number of rotatable bonds is 3. The topological polar surface area (TPSA) is 21.3 Å². The van der Waals surface area contributed by atoms with E-state index in [1.807, 2.05) is 0 Å². The molecule has 0 saturated heterocycles. The van der Waals surface area contributed by atoms with Gasteiger partial charge in [0.05, 0.1) is 6.61 Å². The van der Waals surface area contributed by atoms with Gasteiger partial charge in [-0.25, -0.2) is 0 Å². The Morgan fingerprint density at radius 3 is 2.50 bits per heavy atom. The van der Waals surface area contributed by atoms with E-state index >= 15 is 0 Å². The first kappa shape index (κ1) is 9.75. The Kier molecular flexibility index (Phi) is 2.91. The summed E-state index contributed by atoms with van der Waals surface area (Å²) in [5, 5.41) is 0. The minimum Gasteiger partial charge on any atom is -0.301 e. The van der Waals surface area contributed by atoms with Crippen LogP contribution in [-0.4, -0.2) is 12.1 Å². The van der Waals surface area contributed by atoms with Crippen molar-refractivity contribution >= 4 is 0 Å². The first-order chi connectivity index (χ1) is 5.47. The van der Waals surface area contributed by atoms with E-state index in [1.165, 1.54) is 5.57 Å². The summed E-state index contributed by atoms with van der Waals surface area (Å²) in [4.78, 5) is 5.36. The van der Waals surface area contributed by atoms with Crippen molar-refractivity contribution in [1.82, 2.24) is 5.48 Å². The molecular formula is C10H19NO. The molecule has 0 radical (unpaired) electrons. The maximum Gasteiger partial charge on any atom is 0.0716 e. The lowest BCUT2D eigenvalue weighted by Crippen LogP contribution is -2.37. The molecule has 0 unspecified atom stereocenters. The lowest BCUT2D eigenvalue weighted by Gasteiger charge is -2.29. The molecule has 0 heterocycles. The Hall–Kier alpha value is -0.340. The second-order valence-corrected chi connectivity index (χ2v) is 4.69. The van der Waals surface area contributed by atoms with Gasteiger partial charge in [-0.15, -0.1) is 0 Å². The maximum atomic E-state index is 5.36. The normalized spacial score (nSPS) is 19.4. The molecule has 1 N–H and O–H groups in total. The van der Waals surface area contributed by atoms with Crippen molar-refractivity contribution in [2.24, 2.45) is 5.92 Å². The molecule has 70 valence electrons. The SMILES string of the molecule is C=C1CC(CONC(C)(C)C)C1. The van der Waals surface area contributed by atoms with Gasteiger partial charge in [0.25, 0.3) is 0 Å². The molecule has 1 fully saturated rings. The van der Waals surface area contributed by atoms with Gasteiger partial charge in [-0.1, -0.05) is 12.2 Å². The molecule has 1 aliphatic carbocycles. The number of hydrogen-bond donors (Lipinski definition) is 1. The average molecular weight is 169 g/mol. The number of nitrogens with one attached hydrogen (secondary N) is 1. The van der Waals surface area contributed by atoms with Crippen molar-refractivity contribution in [3.05, 3.63) is 12.2 Å². The highest BCUT2D eigenvalue weighted by Crippen LogP contribution is 2.31. The highest BCUT2D eigenvalue weighted by Gasteiger charge is 2.22. The van der Waals surface area contributed by atoms with Crippen molar-refractivity contribution in [3.63, 3.8) is 0 Å². The van der Waals surface area contributed by atoms with Gasteiger partial charge in [0.2, 0.25) is 0 Å². The molecule has 1 aliphatic rings. The van der Waals surface area contributed by atoms with Crippen LogP contribution in [-0.2, 0) is 4.84 Å². The third-order valence-electron chi connectivity index (χ3n) is 1.85. The van der Waals surface area contributed by atoms with E-state index in [4.69, 9.17) is 4.84 Å². The van der Waals surface area contributed by atoms with E-state index in [2.05, 4.69) is 32.8 Å². The van der Waals surface area contributed by atoms with Crippen LogP contribution in [0.15, 0.2) is 12.2 Å². The predicted molar refractivity (Wildman–Crippen MR) is 50.7 cm³/mol. The summed E-state index contributed by atoms with van der Waals surface area (Å²) in [6, 6.07) is 0. The zero-order valence-electron chi connectivity index (χ0n) is 8.31. The molecule has 12 heavy (non-hydrogen) atoms. The summed E-state index contributed by atoms with van der Waals surface area (Å²) in [6.45, 7) is 11.0. The maximum absolute atomic E-state index is 5.36. The summed E-state index contributed by atoms with van der Waals surface area (Å²) in [5.41, 5.74) is 4.42. The molecule has 0 bridgehead atoms. The highest BCUT2D eigenvalue weighted by molar-refractivity contribution is 5.07. The van der Waals surface area contributed by atoms with E-state index < -0.39 is 0 Å². The molecule has 0 aromatic carbocycles. The van der Waals surface area contributed by atoms with Crippen LogP contribution in [0.1, 0.15) is 33.6 Å².